The minimum absolute atomic E-state index is 0.0373. The van der Waals surface area contributed by atoms with Gasteiger partial charge < -0.3 is 18.9 Å². The van der Waals surface area contributed by atoms with Crippen molar-refractivity contribution in [1.82, 2.24) is 0 Å². The zero-order valence-electron chi connectivity index (χ0n) is 18.3. The van der Waals surface area contributed by atoms with Crippen molar-refractivity contribution in [2.24, 2.45) is 0 Å². The Morgan fingerprint density at radius 2 is 1.68 bits per heavy atom. The van der Waals surface area contributed by atoms with Gasteiger partial charge in [-0.05, 0) is 51.0 Å². The zero-order chi connectivity index (χ0) is 21.8. The van der Waals surface area contributed by atoms with Crippen LogP contribution in [0.4, 0.5) is 0 Å². The van der Waals surface area contributed by atoms with Gasteiger partial charge in [-0.3, -0.25) is 0 Å². The zero-order valence-corrected chi connectivity index (χ0v) is 18.3. The van der Waals surface area contributed by atoms with Crippen LogP contribution in [-0.4, -0.2) is 23.8 Å². The molecule has 1 unspecified atom stereocenters. The fourth-order valence-corrected chi connectivity index (χ4v) is 3.82. The van der Waals surface area contributed by atoms with Crippen LogP contribution in [0.2, 0.25) is 0 Å². The highest BCUT2D eigenvalue weighted by Crippen LogP contribution is 2.41. The number of aliphatic hydroxyl groups is 1. The third kappa shape index (κ3) is 3.62. The Bertz CT molecular complexity index is 1250. The first-order valence-electron chi connectivity index (χ1n) is 10.7. The fraction of sp³-hybridized carbons (Fsp3) is 0.308. The Morgan fingerprint density at radius 3 is 2.42 bits per heavy atom. The van der Waals surface area contributed by atoms with Gasteiger partial charge in [0, 0.05) is 23.3 Å². The summed E-state index contributed by atoms with van der Waals surface area (Å²) in [7, 11) is 1.71. The second-order valence-electron chi connectivity index (χ2n) is 9.34. The van der Waals surface area contributed by atoms with Gasteiger partial charge in [-0.15, -0.1) is 0 Å². The summed E-state index contributed by atoms with van der Waals surface area (Å²) in [5.74, 6) is 0.891. The lowest BCUT2D eigenvalue weighted by molar-refractivity contribution is -0.0893. The number of hydrogen-bond acceptors (Lipinski definition) is 4. The largest absolute Gasteiger partial charge is 0.485 e. The van der Waals surface area contributed by atoms with E-state index in [9.17, 15) is 5.11 Å². The predicted molar refractivity (Wildman–Crippen MR) is 124 cm³/mol. The smallest absolute Gasteiger partial charge is 0.330 e. The highest BCUT2D eigenvalue weighted by Gasteiger charge is 2.35. The third-order valence-corrected chi connectivity index (χ3v) is 6.49. The molecule has 2 heterocycles. The molecule has 5 rings (SSSR count). The third-order valence-electron chi connectivity index (χ3n) is 6.49. The summed E-state index contributed by atoms with van der Waals surface area (Å²) >= 11 is 0. The number of fused-ring (bicyclic) bond motifs is 4. The van der Waals surface area contributed by atoms with Gasteiger partial charge in [0.15, 0.2) is 0 Å². The Labute approximate surface area is 183 Å². The lowest BCUT2D eigenvalue weighted by atomic mass is 9.82. The van der Waals surface area contributed by atoms with E-state index in [2.05, 4.69) is 24.3 Å². The molecular formula is C26H26BO4. The van der Waals surface area contributed by atoms with Crippen molar-refractivity contribution in [3.8, 4) is 5.75 Å². The first kappa shape index (κ1) is 20.2. The molecule has 0 saturated carbocycles. The quantitative estimate of drug-likeness (QED) is 0.464. The monoisotopic (exact) mass is 413 g/mol. The molecule has 0 amide bonds. The fourth-order valence-electron chi connectivity index (χ4n) is 3.82. The van der Waals surface area contributed by atoms with Gasteiger partial charge in [0.05, 0.1) is 11.2 Å². The SMILES string of the molecule is CC(C)(O)C(C)(C)O[B]c1ccc2oc3cc4c(cc3c2c1)CC(c1ccccc1)O4. The van der Waals surface area contributed by atoms with Crippen molar-refractivity contribution >= 4 is 34.9 Å². The summed E-state index contributed by atoms with van der Waals surface area (Å²) in [6.45, 7) is 7.25. The second-order valence-corrected chi connectivity index (χ2v) is 9.34. The van der Waals surface area contributed by atoms with E-state index in [4.69, 9.17) is 13.8 Å². The molecule has 0 aliphatic carbocycles. The van der Waals surface area contributed by atoms with Gasteiger partial charge in [0.1, 0.15) is 23.0 Å². The first-order chi connectivity index (χ1) is 14.7. The molecule has 31 heavy (non-hydrogen) atoms. The highest BCUT2D eigenvalue weighted by atomic mass is 16.5. The maximum Gasteiger partial charge on any atom is 0.330 e. The molecule has 157 valence electrons. The molecule has 1 radical (unpaired) electrons. The highest BCUT2D eigenvalue weighted by molar-refractivity contribution is 6.47. The molecule has 0 spiro atoms. The Hall–Kier alpha value is -2.76. The van der Waals surface area contributed by atoms with E-state index in [0.717, 1.165) is 39.6 Å². The molecule has 0 bridgehead atoms. The van der Waals surface area contributed by atoms with E-state index in [1.54, 1.807) is 21.3 Å². The van der Waals surface area contributed by atoms with Crippen LogP contribution in [0.15, 0.2) is 65.1 Å². The van der Waals surface area contributed by atoms with E-state index in [1.165, 1.54) is 11.1 Å². The summed E-state index contributed by atoms with van der Waals surface area (Å²) in [5.41, 5.74) is 3.26. The summed E-state index contributed by atoms with van der Waals surface area (Å²) in [4.78, 5) is 0. The number of hydrogen-bond donors (Lipinski definition) is 1. The number of benzene rings is 3. The average molecular weight is 413 g/mol. The van der Waals surface area contributed by atoms with Crippen LogP contribution in [0.3, 0.4) is 0 Å². The Balaban J connectivity index is 1.45. The normalized spacial score (nSPS) is 16.5. The summed E-state index contributed by atoms with van der Waals surface area (Å²) < 4.78 is 18.2. The molecule has 1 N–H and O–H groups in total. The summed E-state index contributed by atoms with van der Waals surface area (Å²) in [5, 5.41) is 12.4. The molecule has 1 aromatic heterocycles. The number of rotatable bonds is 5. The van der Waals surface area contributed by atoms with Crippen molar-refractivity contribution in [2.45, 2.75) is 51.4 Å². The van der Waals surface area contributed by atoms with Crippen molar-refractivity contribution < 1.29 is 18.9 Å². The molecule has 0 fully saturated rings. The molecular weight excluding hydrogens is 387 g/mol. The van der Waals surface area contributed by atoms with E-state index < -0.39 is 11.2 Å². The summed E-state index contributed by atoms with van der Waals surface area (Å²) in [6.07, 6.45) is 0.881. The maximum atomic E-state index is 10.3. The van der Waals surface area contributed by atoms with Gasteiger partial charge in [-0.2, -0.15) is 0 Å². The maximum absolute atomic E-state index is 10.3. The minimum Gasteiger partial charge on any atom is -0.485 e. The molecule has 5 heteroatoms. The Kier molecular flexibility index (Phi) is 4.65. The number of ether oxygens (including phenoxy) is 1. The van der Waals surface area contributed by atoms with Crippen molar-refractivity contribution in [3.05, 3.63) is 71.8 Å². The molecule has 4 aromatic rings. The van der Waals surface area contributed by atoms with Crippen LogP contribution in [0.5, 0.6) is 5.75 Å². The molecule has 1 aliphatic heterocycles. The van der Waals surface area contributed by atoms with Gasteiger partial charge >= 0.3 is 7.48 Å². The van der Waals surface area contributed by atoms with E-state index in [0.29, 0.717) is 0 Å². The van der Waals surface area contributed by atoms with Crippen molar-refractivity contribution in [1.29, 1.82) is 0 Å². The predicted octanol–water partition coefficient (Wildman–Crippen LogP) is 5.07. The Morgan fingerprint density at radius 1 is 0.935 bits per heavy atom. The van der Waals surface area contributed by atoms with E-state index >= 15 is 0 Å². The number of furan rings is 1. The van der Waals surface area contributed by atoms with E-state index in [-0.39, 0.29) is 6.10 Å². The molecule has 3 aromatic carbocycles. The minimum atomic E-state index is -0.966. The lowest BCUT2D eigenvalue weighted by Gasteiger charge is -2.37. The average Bonchev–Trinajstić information content (AvgIpc) is 3.30. The van der Waals surface area contributed by atoms with Crippen LogP contribution in [0.25, 0.3) is 21.9 Å². The van der Waals surface area contributed by atoms with Crippen LogP contribution < -0.4 is 10.2 Å². The van der Waals surface area contributed by atoms with Gasteiger partial charge in [-0.25, -0.2) is 0 Å². The lowest BCUT2D eigenvalue weighted by Crippen LogP contribution is -2.49. The van der Waals surface area contributed by atoms with Crippen LogP contribution >= 0.6 is 0 Å². The van der Waals surface area contributed by atoms with E-state index in [1.807, 2.05) is 50.2 Å². The van der Waals surface area contributed by atoms with Gasteiger partial charge in [0.2, 0.25) is 0 Å². The second kappa shape index (κ2) is 7.15. The first-order valence-corrected chi connectivity index (χ1v) is 10.7. The van der Waals surface area contributed by atoms with Crippen LogP contribution in [-0.2, 0) is 11.1 Å². The van der Waals surface area contributed by atoms with Crippen LogP contribution in [0.1, 0.15) is 44.9 Å². The molecule has 4 nitrogen and oxygen atoms in total. The van der Waals surface area contributed by atoms with Crippen LogP contribution in [0, 0.1) is 0 Å². The summed E-state index contributed by atoms with van der Waals surface area (Å²) in [6, 6.07) is 20.5. The van der Waals surface area contributed by atoms with Gasteiger partial charge in [0.25, 0.3) is 0 Å². The topological polar surface area (TPSA) is 51.8 Å². The van der Waals surface area contributed by atoms with Crippen molar-refractivity contribution in [3.63, 3.8) is 0 Å². The molecule has 0 saturated heterocycles. The molecule has 1 atom stereocenters. The standard InChI is InChI=1S/C26H26BO4/c1-25(2,28)26(3,4)31-27-18-10-11-21-20(14-18)19-12-17-13-22(16-8-6-5-7-9-16)30-23(17)15-24(19)29-21/h5-12,14-15,22,28H,13H2,1-4H3. The van der Waals surface area contributed by atoms with Gasteiger partial charge in [-0.1, -0.05) is 47.9 Å². The molecule has 1 aliphatic rings. The van der Waals surface area contributed by atoms with Crippen molar-refractivity contribution in [2.75, 3.05) is 0 Å².